The van der Waals surface area contributed by atoms with Crippen LogP contribution in [0, 0.1) is 5.82 Å². The molecule has 0 atom stereocenters. The molecular formula is C21H21FN4O. The molecule has 6 heteroatoms. The van der Waals surface area contributed by atoms with Crippen molar-refractivity contribution in [3.63, 3.8) is 0 Å². The number of nitrogen functional groups attached to an aromatic ring is 1. The Morgan fingerprint density at radius 3 is 2.81 bits per heavy atom. The van der Waals surface area contributed by atoms with Crippen molar-refractivity contribution in [2.45, 2.75) is 19.4 Å². The third kappa shape index (κ3) is 3.69. The summed E-state index contributed by atoms with van der Waals surface area (Å²) in [4.78, 5) is 10.9. The summed E-state index contributed by atoms with van der Waals surface area (Å²) in [6.45, 7) is 1.42. The minimum Gasteiger partial charge on any atom is -0.497 e. The van der Waals surface area contributed by atoms with E-state index in [1.807, 2.05) is 36.4 Å². The third-order valence-electron chi connectivity index (χ3n) is 4.82. The molecule has 2 N–H and O–H groups in total. The molecule has 0 saturated heterocycles. The van der Waals surface area contributed by atoms with Crippen molar-refractivity contribution in [2.24, 2.45) is 0 Å². The number of nitrogens with two attached hydrogens (primary N) is 1. The first-order valence-corrected chi connectivity index (χ1v) is 8.93. The summed E-state index contributed by atoms with van der Waals surface area (Å²) in [7, 11) is 1.63. The minimum absolute atomic E-state index is 0.213. The first-order chi connectivity index (χ1) is 13.1. The normalized spacial score (nSPS) is 13.8. The predicted octanol–water partition coefficient (Wildman–Crippen LogP) is 3.83. The smallest absolute Gasteiger partial charge is 0.222 e. The number of hydrogen-bond donors (Lipinski definition) is 1. The summed E-state index contributed by atoms with van der Waals surface area (Å²) in [6, 6.07) is 14.6. The van der Waals surface area contributed by atoms with Gasteiger partial charge in [-0.1, -0.05) is 18.2 Å². The Kier molecular flexibility index (Phi) is 4.62. The zero-order valence-corrected chi connectivity index (χ0v) is 15.2. The quantitative estimate of drug-likeness (QED) is 0.765. The van der Waals surface area contributed by atoms with Gasteiger partial charge >= 0.3 is 0 Å². The van der Waals surface area contributed by atoms with Gasteiger partial charge in [-0.2, -0.15) is 4.98 Å². The maximum atomic E-state index is 13.7. The van der Waals surface area contributed by atoms with Crippen molar-refractivity contribution in [1.82, 2.24) is 9.97 Å². The lowest BCUT2D eigenvalue weighted by molar-refractivity contribution is 0.415. The minimum atomic E-state index is -0.213. The summed E-state index contributed by atoms with van der Waals surface area (Å²) in [5.74, 6) is 1.51. The average molecular weight is 364 g/mol. The van der Waals surface area contributed by atoms with Crippen LogP contribution >= 0.6 is 0 Å². The first-order valence-electron chi connectivity index (χ1n) is 8.93. The SMILES string of the molecule is COc1cccc(-c2cc(N3CCCc4ccc(F)cc4C3)nc(N)n2)c1. The molecule has 0 saturated carbocycles. The monoisotopic (exact) mass is 364 g/mol. The van der Waals surface area contributed by atoms with E-state index >= 15 is 0 Å². The number of aryl methyl sites for hydroxylation is 1. The summed E-state index contributed by atoms with van der Waals surface area (Å²) in [5.41, 5.74) is 9.82. The number of anilines is 2. The summed E-state index contributed by atoms with van der Waals surface area (Å²) < 4.78 is 19.0. The fourth-order valence-electron chi connectivity index (χ4n) is 3.47. The lowest BCUT2D eigenvalue weighted by atomic mass is 10.0. The summed E-state index contributed by atoms with van der Waals surface area (Å²) in [5, 5.41) is 0. The number of ether oxygens (including phenoxy) is 1. The van der Waals surface area contributed by atoms with Gasteiger partial charge in [-0.15, -0.1) is 0 Å². The topological polar surface area (TPSA) is 64.3 Å². The molecule has 1 aliphatic rings. The molecular weight excluding hydrogens is 343 g/mol. The largest absolute Gasteiger partial charge is 0.497 e. The van der Waals surface area contributed by atoms with Gasteiger partial charge in [0.25, 0.3) is 0 Å². The van der Waals surface area contributed by atoms with E-state index in [-0.39, 0.29) is 11.8 Å². The number of nitrogens with zero attached hydrogens (tertiary/aromatic N) is 3. The molecule has 2 aromatic carbocycles. The molecule has 5 nitrogen and oxygen atoms in total. The van der Waals surface area contributed by atoms with Crippen LogP contribution in [0.3, 0.4) is 0 Å². The van der Waals surface area contributed by atoms with E-state index in [2.05, 4.69) is 14.9 Å². The third-order valence-corrected chi connectivity index (χ3v) is 4.82. The van der Waals surface area contributed by atoms with Crippen molar-refractivity contribution in [1.29, 1.82) is 0 Å². The van der Waals surface area contributed by atoms with Crippen LogP contribution in [0.1, 0.15) is 17.5 Å². The van der Waals surface area contributed by atoms with Crippen LogP contribution in [-0.4, -0.2) is 23.6 Å². The summed E-state index contributed by atoms with van der Waals surface area (Å²) in [6.07, 6.45) is 1.90. The van der Waals surface area contributed by atoms with E-state index < -0.39 is 0 Å². The van der Waals surface area contributed by atoms with Gasteiger partial charge in [0.2, 0.25) is 5.95 Å². The van der Waals surface area contributed by atoms with Gasteiger partial charge < -0.3 is 15.4 Å². The number of methoxy groups -OCH3 is 1. The molecule has 0 bridgehead atoms. The molecule has 0 radical (unpaired) electrons. The van der Waals surface area contributed by atoms with Crippen LogP contribution in [0.5, 0.6) is 5.75 Å². The van der Waals surface area contributed by atoms with Crippen LogP contribution in [0.15, 0.2) is 48.5 Å². The van der Waals surface area contributed by atoms with Crippen molar-refractivity contribution in [3.8, 4) is 17.0 Å². The molecule has 0 amide bonds. The van der Waals surface area contributed by atoms with Crippen molar-refractivity contribution in [2.75, 3.05) is 24.3 Å². The van der Waals surface area contributed by atoms with Crippen LogP contribution in [0.4, 0.5) is 16.2 Å². The molecule has 0 spiro atoms. The fourth-order valence-corrected chi connectivity index (χ4v) is 3.47. The van der Waals surface area contributed by atoms with Gasteiger partial charge in [0.15, 0.2) is 0 Å². The second-order valence-corrected chi connectivity index (χ2v) is 6.64. The van der Waals surface area contributed by atoms with Crippen LogP contribution in [-0.2, 0) is 13.0 Å². The Bertz CT molecular complexity index is 976. The zero-order valence-electron chi connectivity index (χ0n) is 15.2. The molecule has 0 unspecified atom stereocenters. The molecule has 2 heterocycles. The number of fused-ring (bicyclic) bond motifs is 1. The van der Waals surface area contributed by atoms with E-state index in [1.54, 1.807) is 13.2 Å². The maximum Gasteiger partial charge on any atom is 0.222 e. The number of hydrogen-bond acceptors (Lipinski definition) is 5. The van der Waals surface area contributed by atoms with Crippen molar-refractivity contribution in [3.05, 3.63) is 65.5 Å². The van der Waals surface area contributed by atoms with E-state index in [0.717, 1.165) is 47.8 Å². The number of benzene rings is 2. The Morgan fingerprint density at radius 1 is 1.07 bits per heavy atom. The first kappa shape index (κ1) is 17.3. The van der Waals surface area contributed by atoms with Crippen molar-refractivity contribution >= 4 is 11.8 Å². The number of aromatic nitrogens is 2. The lowest BCUT2D eigenvalue weighted by Gasteiger charge is -2.22. The highest BCUT2D eigenvalue weighted by atomic mass is 19.1. The van der Waals surface area contributed by atoms with Crippen LogP contribution < -0.4 is 15.4 Å². The molecule has 0 aliphatic carbocycles. The van der Waals surface area contributed by atoms with Gasteiger partial charge in [-0.3, -0.25) is 0 Å². The highest BCUT2D eigenvalue weighted by Gasteiger charge is 2.18. The van der Waals surface area contributed by atoms with Gasteiger partial charge in [0.1, 0.15) is 17.4 Å². The van der Waals surface area contributed by atoms with Crippen molar-refractivity contribution < 1.29 is 9.13 Å². The van der Waals surface area contributed by atoms with E-state index in [0.29, 0.717) is 6.54 Å². The number of rotatable bonds is 3. The van der Waals surface area contributed by atoms with Gasteiger partial charge in [0, 0.05) is 24.7 Å². The van der Waals surface area contributed by atoms with E-state index in [1.165, 1.54) is 11.6 Å². The summed E-state index contributed by atoms with van der Waals surface area (Å²) >= 11 is 0. The molecule has 1 aromatic heterocycles. The number of halogens is 1. The van der Waals surface area contributed by atoms with E-state index in [9.17, 15) is 4.39 Å². The second-order valence-electron chi connectivity index (χ2n) is 6.64. The second kappa shape index (κ2) is 7.23. The molecule has 0 fully saturated rings. The van der Waals surface area contributed by atoms with Gasteiger partial charge in [-0.05, 0) is 48.2 Å². The molecule has 3 aromatic rings. The molecule has 138 valence electrons. The average Bonchev–Trinajstić information content (AvgIpc) is 2.89. The zero-order chi connectivity index (χ0) is 18.8. The lowest BCUT2D eigenvalue weighted by Crippen LogP contribution is -2.24. The highest BCUT2D eigenvalue weighted by molar-refractivity contribution is 5.66. The Balaban J connectivity index is 1.70. The maximum absolute atomic E-state index is 13.7. The van der Waals surface area contributed by atoms with Crippen LogP contribution in [0.2, 0.25) is 0 Å². The Hall–Kier alpha value is -3.15. The molecule has 1 aliphatic heterocycles. The predicted molar refractivity (Wildman–Crippen MR) is 104 cm³/mol. The van der Waals surface area contributed by atoms with Gasteiger partial charge in [-0.25, -0.2) is 9.37 Å². The van der Waals surface area contributed by atoms with Crippen LogP contribution in [0.25, 0.3) is 11.3 Å². The van der Waals surface area contributed by atoms with Gasteiger partial charge in [0.05, 0.1) is 12.8 Å². The Labute approximate surface area is 157 Å². The molecule has 4 rings (SSSR count). The van der Waals surface area contributed by atoms with E-state index in [4.69, 9.17) is 10.5 Å². The fraction of sp³-hybridized carbons (Fsp3) is 0.238. The Morgan fingerprint density at radius 2 is 1.96 bits per heavy atom. The highest BCUT2D eigenvalue weighted by Crippen LogP contribution is 2.28. The molecule has 27 heavy (non-hydrogen) atoms. The standard InChI is InChI=1S/C21H21FN4O/c1-27-18-6-2-4-15(11-18)19-12-20(25-21(23)24-19)26-9-3-5-14-7-8-17(22)10-16(14)13-26/h2,4,6-8,10-12H,3,5,9,13H2,1H3,(H2,23,24,25).